The van der Waals surface area contributed by atoms with Crippen LogP contribution in [0.1, 0.15) is 76.2 Å². The number of amides is 3. The lowest BCUT2D eigenvalue weighted by atomic mass is 10.0. The highest BCUT2D eigenvalue weighted by Crippen LogP contribution is 2.21. The minimum Gasteiger partial charge on any atom is -0.481 e. The Bertz CT molecular complexity index is 2350. The predicted octanol–water partition coefficient (Wildman–Crippen LogP) is -0.395. The number of aliphatic carboxylic acids is 7. The number of carboxylic acids is 7. The Morgan fingerprint density at radius 1 is 0.550 bits per heavy atom. The van der Waals surface area contributed by atoms with E-state index in [4.69, 9.17) is 15.1 Å². The van der Waals surface area contributed by atoms with Crippen molar-refractivity contribution in [3.63, 3.8) is 0 Å². The number of benzene rings is 1. The van der Waals surface area contributed by atoms with Gasteiger partial charge in [0.1, 0.15) is 12.1 Å². The van der Waals surface area contributed by atoms with E-state index >= 15 is 0 Å². The molecule has 2 fully saturated rings. The minimum absolute atomic E-state index is 0.0188. The van der Waals surface area contributed by atoms with E-state index in [2.05, 4.69) is 41.8 Å². The van der Waals surface area contributed by atoms with E-state index in [1.165, 1.54) is 0 Å². The molecular weight excluding hydrogens is 1050 g/mol. The number of nitrogens with zero attached hydrogens (tertiary/aromatic N) is 8. The SMILES string of the molecule is O=C(O)CC[C@H](NC(=O)N[C@@H](CCCCNC(=O)CCCCCCCNc1nc(Nc2ccc(CC3CN(CC(=O)O)CCN(CC(=O)O)CCN(CC(=O)O)CCN3CC(=O)O)cc2)nc(N2CCNCC2)n1)C(=O)O)C(=O)O. The number of unbranched alkanes of at least 4 members (excludes halogenated alkanes) is 5. The molecular formula is C50H78N14O16. The molecule has 4 rings (SSSR count). The van der Waals surface area contributed by atoms with Gasteiger partial charge in [0.15, 0.2) is 0 Å². The van der Waals surface area contributed by atoms with Gasteiger partial charge in [0.2, 0.25) is 23.8 Å². The van der Waals surface area contributed by atoms with Crippen LogP contribution in [-0.4, -0.2) is 253 Å². The summed E-state index contributed by atoms with van der Waals surface area (Å²) in [5, 5.41) is 83.6. The molecule has 0 saturated carbocycles. The fourth-order valence-corrected chi connectivity index (χ4v) is 9.06. The van der Waals surface area contributed by atoms with Crippen LogP contribution < -0.4 is 36.8 Å². The van der Waals surface area contributed by atoms with Crippen LogP contribution in [-0.2, 0) is 44.8 Å². The summed E-state index contributed by atoms with van der Waals surface area (Å²) in [6, 6.07) is 2.97. The highest BCUT2D eigenvalue weighted by molar-refractivity contribution is 5.86. The van der Waals surface area contributed by atoms with Gasteiger partial charge < -0.3 is 72.5 Å². The molecule has 80 heavy (non-hydrogen) atoms. The molecule has 13 N–H and O–H groups in total. The third kappa shape index (κ3) is 26.4. The number of hydrogen-bond acceptors (Lipinski definition) is 20. The van der Waals surface area contributed by atoms with Gasteiger partial charge in [0.05, 0.1) is 26.2 Å². The number of carboxylic acid groups (broad SMARTS) is 7. The third-order valence-electron chi connectivity index (χ3n) is 13.2. The van der Waals surface area contributed by atoms with Gasteiger partial charge in [0.25, 0.3) is 0 Å². The Balaban J connectivity index is 1.28. The summed E-state index contributed by atoms with van der Waals surface area (Å²) in [6.07, 6.45) is 4.57. The first-order valence-corrected chi connectivity index (χ1v) is 26.8. The highest BCUT2D eigenvalue weighted by atomic mass is 16.4. The van der Waals surface area contributed by atoms with Crippen molar-refractivity contribution >= 4 is 77.3 Å². The zero-order valence-electron chi connectivity index (χ0n) is 44.9. The zero-order valence-corrected chi connectivity index (χ0v) is 44.9. The van der Waals surface area contributed by atoms with E-state index in [9.17, 15) is 73.8 Å². The summed E-state index contributed by atoms with van der Waals surface area (Å²) in [5.74, 6) is -7.37. The van der Waals surface area contributed by atoms with Crippen molar-refractivity contribution < 1.29 is 78.9 Å². The molecule has 3 heterocycles. The number of hydrogen-bond donors (Lipinski definition) is 13. The van der Waals surface area contributed by atoms with E-state index in [0.717, 1.165) is 44.3 Å². The molecule has 0 bridgehead atoms. The average Bonchev–Trinajstić information content (AvgIpc) is 3.41. The molecule has 2 aliphatic rings. The average molecular weight is 1130 g/mol. The van der Waals surface area contributed by atoms with Crippen molar-refractivity contribution in [1.29, 1.82) is 0 Å². The number of urea groups is 1. The van der Waals surface area contributed by atoms with E-state index in [0.29, 0.717) is 81.8 Å². The van der Waals surface area contributed by atoms with Gasteiger partial charge in [-0.3, -0.25) is 48.4 Å². The minimum atomic E-state index is -1.51. The first kappa shape index (κ1) is 65.0. The first-order valence-electron chi connectivity index (χ1n) is 26.8. The molecule has 2 aromatic rings. The fraction of sp³-hybridized carbons (Fsp3) is 0.640. The molecule has 1 aromatic carbocycles. The topological polar surface area (TPSA) is 422 Å². The Labute approximate surface area is 462 Å². The second-order valence-corrected chi connectivity index (χ2v) is 19.7. The van der Waals surface area contributed by atoms with E-state index < -0.39 is 72.4 Å². The quantitative estimate of drug-likeness (QED) is 0.0397. The number of anilines is 4. The second-order valence-electron chi connectivity index (χ2n) is 19.7. The van der Waals surface area contributed by atoms with Gasteiger partial charge >= 0.3 is 47.8 Å². The molecule has 2 aliphatic heterocycles. The molecule has 3 atom stereocenters. The van der Waals surface area contributed by atoms with Crippen LogP contribution >= 0.6 is 0 Å². The van der Waals surface area contributed by atoms with Crippen LogP contribution in [0, 0.1) is 0 Å². The van der Waals surface area contributed by atoms with Gasteiger partial charge in [-0.25, -0.2) is 14.4 Å². The fourth-order valence-electron chi connectivity index (χ4n) is 9.06. The summed E-state index contributed by atoms with van der Waals surface area (Å²) < 4.78 is 0. The van der Waals surface area contributed by atoms with Crippen LogP contribution in [0.15, 0.2) is 24.3 Å². The monoisotopic (exact) mass is 1130 g/mol. The molecule has 0 aliphatic carbocycles. The lowest BCUT2D eigenvalue weighted by Gasteiger charge is -2.37. The molecule has 0 radical (unpaired) electrons. The summed E-state index contributed by atoms with van der Waals surface area (Å²) >= 11 is 0. The van der Waals surface area contributed by atoms with Crippen LogP contribution in [0.2, 0.25) is 0 Å². The normalized spacial score (nSPS) is 16.9. The zero-order chi connectivity index (χ0) is 58.4. The smallest absolute Gasteiger partial charge is 0.326 e. The molecule has 0 spiro atoms. The Morgan fingerprint density at radius 3 is 1.69 bits per heavy atom. The number of carbonyl (C=O) groups is 9. The van der Waals surface area contributed by atoms with Gasteiger partial charge in [-0.2, -0.15) is 15.0 Å². The van der Waals surface area contributed by atoms with Crippen molar-refractivity contribution in [3.8, 4) is 0 Å². The number of carbonyl (C=O) groups excluding carboxylic acids is 2. The standard InChI is InChI=1S/C50H78N14O16/c65-39(52-16-7-5-8-37(45(76)77)55-50(80)56-38(46(78)79)14-15-40(66)67)9-4-2-1-3-6-17-53-47-57-48(59-49(58-47)63-20-18-51-19-21-63)54-35-12-10-34(11-13-35)28-36-29-62(32-43(72)73)25-24-60(30-41(68)69)22-23-61(31-42(70)71)26-27-64(36)33-44(74)75/h10-13,36-38,51H,1-9,14-33H2,(H,52,65)(H,66,67)(H,68,69)(H,70,71)(H,72,73)(H,74,75)(H,76,77)(H,78,79)(H2,55,56,80)(H2,53,54,57,58,59)/t36?,37-,38-/m0/s1. The number of rotatable bonds is 34. The third-order valence-corrected chi connectivity index (χ3v) is 13.2. The molecule has 1 aromatic heterocycles. The largest absolute Gasteiger partial charge is 0.481 e. The van der Waals surface area contributed by atoms with Crippen LogP contribution in [0.5, 0.6) is 0 Å². The Hall–Kier alpha value is -7.54. The van der Waals surface area contributed by atoms with Gasteiger partial charge in [-0.1, -0.05) is 31.4 Å². The van der Waals surface area contributed by atoms with Gasteiger partial charge in [-0.05, 0) is 62.6 Å². The Morgan fingerprint density at radius 2 is 1.09 bits per heavy atom. The van der Waals surface area contributed by atoms with Gasteiger partial charge in [0, 0.05) is 110 Å². The van der Waals surface area contributed by atoms with Crippen molar-refractivity contribution in [3.05, 3.63) is 29.8 Å². The highest BCUT2D eigenvalue weighted by Gasteiger charge is 2.29. The molecule has 3 amide bonds. The maximum absolute atomic E-state index is 12.4. The summed E-state index contributed by atoms with van der Waals surface area (Å²) in [7, 11) is 0. The molecule has 444 valence electrons. The van der Waals surface area contributed by atoms with E-state index in [1.54, 1.807) is 19.6 Å². The van der Waals surface area contributed by atoms with Gasteiger partial charge in [-0.15, -0.1) is 0 Å². The number of nitrogens with one attached hydrogen (secondary N) is 6. The number of piperazine rings is 1. The lowest BCUT2D eigenvalue weighted by molar-refractivity contribution is -0.142. The second kappa shape index (κ2) is 35.2. The number of aromatic nitrogens is 3. The molecule has 30 heteroatoms. The van der Waals surface area contributed by atoms with Crippen LogP contribution in [0.4, 0.5) is 28.3 Å². The summed E-state index contributed by atoms with van der Waals surface area (Å²) in [5.41, 5.74) is 1.46. The Kier molecular flexibility index (Phi) is 28.6. The molecule has 1 unspecified atom stereocenters. The van der Waals surface area contributed by atoms with Crippen molar-refractivity contribution in [2.75, 3.05) is 127 Å². The summed E-state index contributed by atoms with van der Waals surface area (Å²) in [6.45, 7) is 3.57. The molecule has 30 nitrogen and oxygen atoms in total. The lowest BCUT2D eigenvalue weighted by Crippen LogP contribution is -2.53. The van der Waals surface area contributed by atoms with Crippen molar-refractivity contribution in [2.45, 2.75) is 95.2 Å². The first-order chi connectivity index (χ1) is 38.2. The van der Waals surface area contributed by atoms with Crippen molar-refractivity contribution in [2.24, 2.45) is 0 Å². The van der Waals surface area contributed by atoms with Crippen molar-refractivity contribution in [1.82, 2.24) is 55.8 Å². The van der Waals surface area contributed by atoms with Crippen LogP contribution in [0.3, 0.4) is 0 Å². The maximum Gasteiger partial charge on any atom is 0.326 e. The van der Waals surface area contributed by atoms with E-state index in [-0.39, 0.29) is 90.7 Å². The van der Waals surface area contributed by atoms with E-state index in [1.807, 2.05) is 24.3 Å². The predicted molar refractivity (Wildman–Crippen MR) is 288 cm³/mol. The van der Waals surface area contributed by atoms with Crippen LogP contribution in [0.25, 0.3) is 0 Å². The maximum atomic E-state index is 12.4. The summed E-state index contributed by atoms with van der Waals surface area (Å²) in [4.78, 5) is 129. The molecule has 2 saturated heterocycles.